The topological polar surface area (TPSA) is 132 Å². The molecule has 0 saturated carbocycles. The highest BCUT2D eigenvalue weighted by atomic mass is 35.5. The first-order valence-electron chi connectivity index (χ1n) is 9.62. The Morgan fingerprint density at radius 1 is 1.16 bits per heavy atom. The Morgan fingerprint density at radius 3 is 2.72 bits per heavy atom. The van der Waals surface area contributed by atoms with Crippen molar-refractivity contribution in [2.75, 3.05) is 6.61 Å². The third-order valence-corrected chi connectivity index (χ3v) is 4.98. The van der Waals surface area contributed by atoms with E-state index in [2.05, 4.69) is 20.1 Å². The number of nitrogens with zero attached hydrogens (tertiary/aromatic N) is 5. The zero-order chi connectivity index (χ0) is 22.8. The Morgan fingerprint density at radius 2 is 1.97 bits per heavy atom. The standard InChI is InChI=1S/C19H17ClF2N6O4/c20-18-24-15-16(25-18)27(6-7-29)19(31)28(17(15)30)5-1-2-14-23-13(26-32-14)8-10-3-4-11(21)9-12(10)22/h3-4,9,29H,1-2,5-8H2,(H,24,25). The molecule has 0 aliphatic rings. The number of halogens is 3. The summed E-state index contributed by atoms with van der Waals surface area (Å²) < 4.78 is 34.1. The molecule has 0 aliphatic heterocycles. The van der Waals surface area contributed by atoms with Gasteiger partial charge >= 0.3 is 5.69 Å². The molecule has 0 radical (unpaired) electrons. The van der Waals surface area contributed by atoms with Crippen LogP contribution in [0.15, 0.2) is 32.3 Å². The Balaban J connectivity index is 1.48. The fourth-order valence-corrected chi connectivity index (χ4v) is 3.50. The maximum absolute atomic E-state index is 13.8. The van der Waals surface area contributed by atoms with Crippen LogP contribution in [0.3, 0.4) is 0 Å². The molecular weight excluding hydrogens is 450 g/mol. The number of aromatic amines is 1. The van der Waals surface area contributed by atoms with Gasteiger partial charge in [0, 0.05) is 25.5 Å². The molecule has 0 bridgehead atoms. The van der Waals surface area contributed by atoms with E-state index in [4.69, 9.17) is 16.1 Å². The second kappa shape index (κ2) is 9.01. The summed E-state index contributed by atoms with van der Waals surface area (Å²) in [4.78, 5) is 36.1. The van der Waals surface area contributed by atoms with Crippen LogP contribution in [0.25, 0.3) is 11.2 Å². The van der Waals surface area contributed by atoms with Crippen LogP contribution < -0.4 is 11.2 Å². The van der Waals surface area contributed by atoms with Crippen LogP contribution in [0.4, 0.5) is 8.78 Å². The lowest BCUT2D eigenvalue weighted by Crippen LogP contribution is -2.40. The number of hydrogen-bond acceptors (Lipinski definition) is 7. The van der Waals surface area contributed by atoms with E-state index in [-0.39, 0.29) is 66.3 Å². The van der Waals surface area contributed by atoms with E-state index in [0.717, 1.165) is 16.7 Å². The molecule has 2 N–H and O–H groups in total. The van der Waals surface area contributed by atoms with Gasteiger partial charge in [0.05, 0.1) is 13.2 Å². The van der Waals surface area contributed by atoms with Crippen molar-refractivity contribution < 1.29 is 18.4 Å². The van der Waals surface area contributed by atoms with Crippen LogP contribution in [-0.2, 0) is 25.9 Å². The van der Waals surface area contributed by atoms with Gasteiger partial charge in [0.25, 0.3) is 5.56 Å². The number of imidazole rings is 1. The second-order valence-corrected chi connectivity index (χ2v) is 7.32. The lowest BCUT2D eigenvalue weighted by Gasteiger charge is -2.09. The largest absolute Gasteiger partial charge is 0.395 e. The molecule has 10 nitrogen and oxygen atoms in total. The number of benzene rings is 1. The molecule has 168 valence electrons. The zero-order valence-corrected chi connectivity index (χ0v) is 17.3. The van der Waals surface area contributed by atoms with Gasteiger partial charge < -0.3 is 14.6 Å². The van der Waals surface area contributed by atoms with Crippen LogP contribution in [0, 0.1) is 11.6 Å². The minimum absolute atomic E-state index is 0.0260. The molecule has 0 spiro atoms. The van der Waals surface area contributed by atoms with Gasteiger partial charge in [0.15, 0.2) is 17.0 Å². The number of nitrogens with one attached hydrogen (secondary N) is 1. The van der Waals surface area contributed by atoms with Crippen molar-refractivity contribution >= 4 is 22.8 Å². The highest BCUT2D eigenvalue weighted by Crippen LogP contribution is 2.14. The van der Waals surface area contributed by atoms with E-state index in [0.29, 0.717) is 6.42 Å². The van der Waals surface area contributed by atoms with E-state index in [1.165, 1.54) is 10.6 Å². The van der Waals surface area contributed by atoms with Gasteiger partial charge in [0.2, 0.25) is 11.2 Å². The van der Waals surface area contributed by atoms with Gasteiger partial charge in [-0.15, -0.1) is 0 Å². The van der Waals surface area contributed by atoms with Crippen LogP contribution in [0.1, 0.15) is 23.7 Å². The molecule has 4 rings (SSSR count). The normalized spacial score (nSPS) is 11.5. The number of aromatic nitrogens is 6. The fourth-order valence-electron chi connectivity index (χ4n) is 3.32. The predicted molar refractivity (Wildman–Crippen MR) is 108 cm³/mol. The minimum atomic E-state index is -0.704. The van der Waals surface area contributed by atoms with Gasteiger partial charge in [-0.1, -0.05) is 11.2 Å². The second-order valence-electron chi connectivity index (χ2n) is 6.96. The van der Waals surface area contributed by atoms with Crippen LogP contribution in [-0.4, -0.2) is 41.0 Å². The quantitative estimate of drug-likeness (QED) is 0.375. The SMILES string of the molecule is O=c1c2[nH]c(Cl)nc2n(CCO)c(=O)n1CCCc1nc(Cc2ccc(F)cc2F)no1. The molecule has 0 amide bonds. The first-order valence-corrected chi connectivity index (χ1v) is 10.00. The first kappa shape index (κ1) is 21.8. The summed E-state index contributed by atoms with van der Waals surface area (Å²) in [7, 11) is 0. The third kappa shape index (κ3) is 4.32. The van der Waals surface area contributed by atoms with Crippen LogP contribution >= 0.6 is 11.6 Å². The molecular formula is C19H17ClF2N6O4. The summed E-state index contributed by atoms with van der Waals surface area (Å²) in [6.07, 6.45) is 0.596. The number of aryl methyl sites for hydroxylation is 1. The Hall–Kier alpha value is -3.38. The number of rotatable bonds is 8. The number of H-pyrrole nitrogens is 1. The molecule has 4 aromatic rings. The highest BCUT2D eigenvalue weighted by molar-refractivity contribution is 6.28. The van der Waals surface area contributed by atoms with Crippen LogP contribution in [0.2, 0.25) is 5.28 Å². The summed E-state index contributed by atoms with van der Waals surface area (Å²) in [6, 6.07) is 3.23. The molecule has 3 aromatic heterocycles. The number of hydrogen-bond donors (Lipinski definition) is 2. The summed E-state index contributed by atoms with van der Waals surface area (Å²) in [5.41, 5.74) is -0.857. The zero-order valence-electron chi connectivity index (χ0n) is 16.5. The van der Waals surface area contributed by atoms with E-state index in [9.17, 15) is 23.5 Å². The van der Waals surface area contributed by atoms with Crippen molar-refractivity contribution in [1.29, 1.82) is 0 Å². The molecule has 0 aliphatic carbocycles. The van der Waals surface area contributed by atoms with Gasteiger partial charge in [0.1, 0.15) is 11.6 Å². The molecule has 1 aromatic carbocycles. The predicted octanol–water partition coefficient (Wildman–Crippen LogP) is 1.42. The van der Waals surface area contributed by atoms with Gasteiger partial charge in [-0.05, 0) is 29.7 Å². The van der Waals surface area contributed by atoms with Crippen LogP contribution in [0.5, 0.6) is 0 Å². The molecule has 13 heteroatoms. The van der Waals surface area contributed by atoms with Crippen molar-refractivity contribution in [2.45, 2.75) is 32.4 Å². The Kier molecular flexibility index (Phi) is 6.15. The van der Waals surface area contributed by atoms with E-state index < -0.39 is 22.9 Å². The maximum Gasteiger partial charge on any atom is 0.332 e. The van der Waals surface area contributed by atoms with Crippen molar-refractivity contribution in [1.82, 2.24) is 29.2 Å². The fraction of sp³-hybridized carbons (Fsp3) is 0.316. The average Bonchev–Trinajstić information content (AvgIpc) is 3.36. The van der Waals surface area contributed by atoms with E-state index in [1.807, 2.05) is 0 Å². The van der Waals surface area contributed by atoms with Gasteiger partial charge in [-0.2, -0.15) is 9.97 Å². The minimum Gasteiger partial charge on any atom is -0.395 e. The first-order chi connectivity index (χ1) is 15.4. The summed E-state index contributed by atoms with van der Waals surface area (Å²) in [5, 5.41) is 13.0. The third-order valence-electron chi connectivity index (χ3n) is 4.80. The average molecular weight is 467 g/mol. The summed E-state index contributed by atoms with van der Waals surface area (Å²) in [5.74, 6) is -0.911. The van der Waals surface area contributed by atoms with Crippen molar-refractivity contribution in [3.63, 3.8) is 0 Å². The van der Waals surface area contributed by atoms with E-state index >= 15 is 0 Å². The van der Waals surface area contributed by atoms with Crippen molar-refractivity contribution in [3.8, 4) is 0 Å². The van der Waals surface area contributed by atoms with Crippen molar-refractivity contribution in [2.24, 2.45) is 0 Å². The Labute approximate surface area is 183 Å². The molecule has 0 unspecified atom stereocenters. The molecule has 0 atom stereocenters. The van der Waals surface area contributed by atoms with Gasteiger partial charge in [-0.25, -0.2) is 13.6 Å². The van der Waals surface area contributed by atoms with Crippen molar-refractivity contribution in [3.05, 3.63) is 73.2 Å². The molecule has 32 heavy (non-hydrogen) atoms. The summed E-state index contributed by atoms with van der Waals surface area (Å²) in [6.45, 7) is -0.333. The molecule has 0 saturated heterocycles. The number of aliphatic hydroxyl groups excluding tert-OH is 1. The molecule has 3 heterocycles. The Bertz CT molecular complexity index is 1390. The number of aliphatic hydroxyl groups is 1. The van der Waals surface area contributed by atoms with E-state index in [1.54, 1.807) is 0 Å². The summed E-state index contributed by atoms with van der Waals surface area (Å²) >= 11 is 5.83. The smallest absolute Gasteiger partial charge is 0.332 e. The lowest BCUT2D eigenvalue weighted by atomic mass is 10.1. The maximum atomic E-state index is 13.8. The molecule has 0 fully saturated rings. The lowest BCUT2D eigenvalue weighted by molar-refractivity contribution is 0.273. The van der Waals surface area contributed by atoms with Gasteiger partial charge in [-0.3, -0.25) is 13.9 Å². The highest BCUT2D eigenvalue weighted by Gasteiger charge is 2.17. The number of fused-ring (bicyclic) bond motifs is 1. The monoisotopic (exact) mass is 466 g/mol.